The Labute approximate surface area is 125 Å². The van der Waals surface area contributed by atoms with Crippen molar-refractivity contribution in [2.24, 2.45) is 11.3 Å². The first-order chi connectivity index (χ1) is 9.22. The first-order valence-electron chi connectivity index (χ1n) is 8.16. The van der Waals surface area contributed by atoms with Crippen LogP contribution in [0.25, 0.3) is 0 Å². The van der Waals surface area contributed by atoms with Crippen LogP contribution in [-0.4, -0.2) is 19.0 Å². The average Bonchev–Trinajstić information content (AvgIpc) is 2.33. The van der Waals surface area contributed by atoms with Gasteiger partial charge in [-0.1, -0.05) is 45.8 Å². The van der Waals surface area contributed by atoms with Crippen LogP contribution in [-0.2, 0) is 9.47 Å². The minimum atomic E-state index is -0.385. The fourth-order valence-corrected chi connectivity index (χ4v) is 2.40. The van der Waals surface area contributed by atoms with E-state index >= 15 is 0 Å². The smallest absolute Gasteiger partial charge is 0.165 e. The second kappa shape index (κ2) is 7.61. The van der Waals surface area contributed by atoms with Crippen LogP contribution >= 0.6 is 0 Å². The van der Waals surface area contributed by atoms with Gasteiger partial charge in [0.1, 0.15) is 0 Å². The molecule has 1 heterocycles. The van der Waals surface area contributed by atoms with E-state index in [9.17, 15) is 0 Å². The molecule has 2 nitrogen and oxygen atoms in total. The van der Waals surface area contributed by atoms with Gasteiger partial charge in [0, 0.05) is 11.8 Å². The quantitative estimate of drug-likeness (QED) is 0.588. The van der Waals surface area contributed by atoms with Crippen molar-refractivity contribution in [3.05, 3.63) is 11.6 Å². The largest absolute Gasteiger partial charge is 0.350 e. The molecule has 0 unspecified atom stereocenters. The minimum Gasteiger partial charge on any atom is -0.350 e. The molecule has 0 radical (unpaired) electrons. The summed E-state index contributed by atoms with van der Waals surface area (Å²) in [6, 6.07) is 0. The fourth-order valence-electron chi connectivity index (χ4n) is 2.40. The van der Waals surface area contributed by atoms with Gasteiger partial charge >= 0.3 is 0 Å². The van der Waals surface area contributed by atoms with Crippen molar-refractivity contribution in [3.63, 3.8) is 0 Å². The van der Waals surface area contributed by atoms with Crippen molar-refractivity contribution < 1.29 is 9.47 Å². The summed E-state index contributed by atoms with van der Waals surface area (Å²) in [5.41, 5.74) is 1.66. The lowest BCUT2D eigenvalue weighted by atomic mass is 9.94. The zero-order valence-corrected chi connectivity index (χ0v) is 14.4. The fraction of sp³-hybridized carbons (Fsp3) is 0.889. The maximum absolute atomic E-state index is 5.92. The van der Waals surface area contributed by atoms with Crippen LogP contribution in [0.15, 0.2) is 11.6 Å². The minimum absolute atomic E-state index is 0.155. The van der Waals surface area contributed by atoms with E-state index in [-0.39, 0.29) is 11.2 Å². The van der Waals surface area contributed by atoms with Crippen molar-refractivity contribution in [1.29, 1.82) is 0 Å². The van der Waals surface area contributed by atoms with Crippen LogP contribution in [0.2, 0.25) is 0 Å². The summed E-state index contributed by atoms with van der Waals surface area (Å²) in [7, 11) is 0. The maximum Gasteiger partial charge on any atom is 0.165 e. The summed E-state index contributed by atoms with van der Waals surface area (Å²) in [4.78, 5) is 0. The van der Waals surface area contributed by atoms with E-state index in [1.165, 1.54) is 24.8 Å². The molecule has 1 aliphatic heterocycles. The van der Waals surface area contributed by atoms with Gasteiger partial charge < -0.3 is 9.47 Å². The molecule has 0 amide bonds. The van der Waals surface area contributed by atoms with Gasteiger partial charge in [-0.05, 0) is 39.0 Å². The van der Waals surface area contributed by atoms with Gasteiger partial charge in [-0.2, -0.15) is 0 Å². The third kappa shape index (κ3) is 6.90. The number of ether oxygens (including phenoxy) is 2. The molecule has 20 heavy (non-hydrogen) atoms. The van der Waals surface area contributed by atoms with Gasteiger partial charge in [-0.25, -0.2) is 0 Å². The first-order valence-corrected chi connectivity index (χ1v) is 8.16. The molecule has 1 fully saturated rings. The molecule has 118 valence electrons. The average molecular weight is 282 g/mol. The van der Waals surface area contributed by atoms with E-state index in [1.807, 2.05) is 0 Å². The van der Waals surface area contributed by atoms with Crippen LogP contribution in [0.1, 0.15) is 73.6 Å². The van der Waals surface area contributed by atoms with Crippen LogP contribution in [0.5, 0.6) is 0 Å². The standard InChI is InChI=1S/C18H34O2/c1-15(2)9-7-10-16(3)11-8-12-18(6)19-13-17(4,5)14-20-18/h11,15H,7-10,12-14H2,1-6H3/b16-11-. The van der Waals surface area contributed by atoms with Gasteiger partial charge in [-0.15, -0.1) is 0 Å². The van der Waals surface area contributed by atoms with E-state index in [1.54, 1.807) is 0 Å². The normalized spacial score (nSPS) is 22.2. The van der Waals surface area contributed by atoms with E-state index < -0.39 is 0 Å². The lowest BCUT2D eigenvalue weighted by Gasteiger charge is -2.41. The molecule has 1 rings (SSSR count). The molecular formula is C18H34O2. The lowest BCUT2D eigenvalue weighted by Crippen LogP contribution is -2.45. The molecule has 0 spiro atoms. The molecule has 0 aromatic heterocycles. The molecule has 2 heteroatoms. The Balaban J connectivity index is 2.25. The molecule has 0 aliphatic carbocycles. The molecule has 1 saturated heterocycles. The Morgan fingerprint density at radius 2 is 1.75 bits per heavy atom. The van der Waals surface area contributed by atoms with Crippen molar-refractivity contribution in [3.8, 4) is 0 Å². The Kier molecular flexibility index (Phi) is 6.74. The zero-order chi connectivity index (χ0) is 15.2. The number of hydrogen-bond donors (Lipinski definition) is 0. The molecule has 0 N–H and O–H groups in total. The van der Waals surface area contributed by atoms with Gasteiger partial charge in [-0.3, -0.25) is 0 Å². The van der Waals surface area contributed by atoms with Crippen molar-refractivity contribution in [1.82, 2.24) is 0 Å². The zero-order valence-electron chi connectivity index (χ0n) is 14.4. The molecular weight excluding hydrogens is 248 g/mol. The van der Waals surface area contributed by atoms with Crippen LogP contribution < -0.4 is 0 Å². The summed E-state index contributed by atoms with van der Waals surface area (Å²) < 4.78 is 11.8. The van der Waals surface area contributed by atoms with Crippen molar-refractivity contribution >= 4 is 0 Å². The number of allylic oxidation sites excluding steroid dienone is 2. The van der Waals surface area contributed by atoms with E-state index in [0.29, 0.717) is 0 Å². The highest BCUT2D eigenvalue weighted by molar-refractivity contribution is 4.98. The predicted molar refractivity (Wildman–Crippen MR) is 85.8 cm³/mol. The summed E-state index contributed by atoms with van der Waals surface area (Å²) in [6.45, 7) is 14.9. The molecule has 0 aromatic rings. The Morgan fingerprint density at radius 1 is 1.15 bits per heavy atom. The highest BCUT2D eigenvalue weighted by atomic mass is 16.7. The Bertz CT molecular complexity index is 305. The highest BCUT2D eigenvalue weighted by Crippen LogP contribution is 2.32. The van der Waals surface area contributed by atoms with E-state index in [4.69, 9.17) is 9.47 Å². The molecule has 0 saturated carbocycles. The summed E-state index contributed by atoms with van der Waals surface area (Å²) >= 11 is 0. The maximum atomic E-state index is 5.92. The molecule has 0 atom stereocenters. The SMILES string of the molecule is C/C(=C/CCC1(C)OCC(C)(C)CO1)CCCC(C)C. The van der Waals surface area contributed by atoms with Gasteiger partial charge in [0.25, 0.3) is 0 Å². The summed E-state index contributed by atoms with van der Waals surface area (Å²) in [5.74, 6) is 0.429. The number of hydrogen-bond acceptors (Lipinski definition) is 2. The van der Waals surface area contributed by atoms with Crippen LogP contribution in [0.3, 0.4) is 0 Å². The van der Waals surface area contributed by atoms with E-state index in [0.717, 1.165) is 32.0 Å². The van der Waals surface area contributed by atoms with Gasteiger partial charge in [0.05, 0.1) is 13.2 Å². The van der Waals surface area contributed by atoms with Crippen LogP contribution in [0, 0.1) is 11.3 Å². The second-order valence-corrected chi connectivity index (χ2v) is 7.75. The van der Waals surface area contributed by atoms with Crippen molar-refractivity contribution in [2.45, 2.75) is 79.4 Å². The van der Waals surface area contributed by atoms with Gasteiger partial charge in [0.15, 0.2) is 5.79 Å². The third-order valence-electron chi connectivity index (χ3n) is 3.98. The van der Waals surface area contributed by atoms with E-state index in [2.05, 4.69) is 47.6 Å². The third-order valence-corrected chi connectivity index (χ3v) is 3.98. The molecule has 0 bridgehead atoms. The monoisotopic (exact) mass is 282 g/mol. The van der Waals surface area contributed by atoms with Crippen molar-refractivity contribution in [2.75, 3.05) is 13.2 Å². The Hall–Kier alpha value is -0.340. The lowest BCUT2D eigenvalue weighted by molar-refractivity contribution is -0.291. The first kappa shape index (κ1) is 17.7. The Morgan fingerprint density at radius 3 is 2.30 bits per heavy atom. The predicted octanol–water partition coefficient (Wildman–Crippen LogP) is 5.33. The topological polar surface area (TPSA) is 18.5 Å². The van der Waals surface area contributed by atoms with Gasteiger partial charge in [0.2, 0.25) is 0 Å². The highest BCUT2D eigenvalue weighted by Gasteiger charge is 2.36. The van der Waals surface area contributed by atoms with Crippen LogP contribution in [0.4, 0.5) is 0 Å². The summed E-state index contributed by atoms with van der Waals surface area (Å²) in [6.07, 6.45) is 8.21. The summed E-state index contributed by atoms with van der Waals surface area (Å²) in [5, 5.41) is 0. The molecule has 1 aliphatic rings. The second-order valence-electron chi connectivity index (χ2n) is 7.75. The number of rotatable bonds is 7. The molecule has 0 aromatic carbocycles.